The second kappa shape index (κ2) is 7.68. The number of hydrogen-bond donors (Lipinski definition) is 2. The summed E-state index contributed by atoms with van der Waals surface area (Å²) in [6.45, 7) is 4.58. The van der Waals surface area contributed by atoms with E-state index in [1.54, 1.807) is 7.05 Å². The van der Waals surface area contributed by atoms with E-state index in [0.717, 1.165) is 11.3 Å². The Morgan fingerprint density at radius 2 is 2.22 bits per heavy atom. The molecule has 1 aliphatic heterocycles. The molecule has 2 N–H and O–H groups in total. The number of nitrogens with zero attached hydrogens (tertiary/aromatic N) is 1. The van der Waals surface area contributed by atoms with Gasteiger partial charge in [-0.1, -0.05) is 12.1 Å². The third kappa shape index (κ3) is 5.74. The van der Waals surface area contributed by atoms with Crippen molar-refractivity contribution >= 4 is 15.8 Å². The average Bonchev–Trinajstić information content (AvgIpc) is 2.82. The first kappa shape index (κ1) is 17.6. The maximum Gasteiger partial charge on any atom is 0.191 e. The quantitative estimate of drug-likeness (QED) is 0.625. The fourth-order valence-electron chi connectivity index (χ4n) is 2.48. The smallest absolute Gasteiger partial charge is 0.191 e. The van der Waals surface area contributed by atoms with Gasteiger partial charge in [-0.05, 0) is 38.0 Å². The van der Waals surface area contributed by atoms with E-state index in [-0.39, 0.29) is 23.7 Å². The number of hydrogen-bond acceptors (Lipinski definition) is 4. The molecule has 0 radical (unpaired) electrons. The van der Waals surface area contributed by atoms with Crippen molar-refractivity contribution in [2.75, 3.05) is 18.6 Å². The molecule has 0 bridgehead atoms. The van der Waals surface area contributed by atoms with Crippen LogP contribution in [0, 0.1) is 0 Å². The minimum absolute atomic E-state index is 0.0678. The Labute approximate surface area is 138 Å². The molecule has 1 atom stereocenters. The van der Waals surface area contributed by atoms with Gasteiger partial charge in [-0.3, -0.25) is 4.99 Å². The molecule has 1 aromatic carbocycles. The molecule has 1 unspecified atom stereocenters. The van der Waals surface area contributed by atoms with Crippen LogP contribution in [0.15, 0.2) is 29.3 Å². The summed E-state index contributed by atoms with van der Waals surface area (Å²) in [5.41, 5.74) is 1.07. The monoisotopic (exact) mass is 339 g/mol. The molecular formula is C16H25N3O3S. The molecule has 1 aliphatic rings. The van der Waals surface area contributed by atoms with Crippen molar-refractivity contribution in [3.63, 3.8) is 0 Å². The Balaban J connectivity index is 1.88. The van der Waals surface area contributed by atoms with Crippen LogP contribution in [0.2, 0.25) is 0 Å². The number of aliphatic imine (C=N–C) groups is 1. The molecule has 23 heavy (non-hydrogen) atoms. The molecule has 1 saturated heterocycles. The van der Waals surface area contributed by atoms with Gasteiger partial charge in [0.25, 0.3) is 0 Å². The lowest BCUT2D eigenvalue weighted by Crippen LogP contribution is -2.43. The predicted molar refractivity (Wildman–Crippen MR) is 92.6 cm³/mol. The molecule has 0 saturated carbocycles. The summed E-state index contributed by atoms with van der Waals surface area (Å²) in [5, 5.41) is 6.38. The summed E-state index contributed by atoms with van der Waals surface area (Å²) in [5.74, 6) is 1.87. The molecule has 0 spiro atoms. The fourth-order valence-corrected chi connectivity index (χ4v) is 4.16. The van der Waals surface area contributed by atoms with E-state index >= 15 is 0 Å². The Morgan fingerprint density at radius 3 is 2.83 bits per heavy atom. The highest BCUT2D eigenvalue weighted by Gasteiger charge is 2.28. The van der Waals surface area contributed by atoms with Gasteiger partial charge in [0.1, 0.15) is 5.75 Å². The summed E-state index contributed by atoms with van der Waals surface area (Å²) >= 11 is 0. The maximum absolute atomic E-state index is 11.5. The summed E-state index contributed by atoms with van der Waals surface area (Å²) < 4.78 is 28.7. The molecule has 2 rings (SSSR count). The van der Waals surface area contributed by atoms with Crippen LogP contribution in [0.1, 0.15) is 25.8 Å². The van der Waals surface area contributed by atoms with Gasteiger partial charge in [0, 0.05) is 19.6 Å². The number of ether oxygens (including phenoxy) is 1. The topological polar surface area (TPSA) is 79.8 Å². The van der Waals surface area contributed by atoms with E-state index < -0.39 is 9.84 Å². The first-order valence-electron chi connectivity index (χ1n) is 7.81. The number of benzene rings is 1. The van der Waals surface area contributed by atoms with Crippen molar-refractivity contribution in [3.05, 3.63) is 29.8 Å². The highest BCUT2D eigenvalue weighted by Crippen LogP contribution is 2.15. The minimum atomic E-state index is -2.90. The van der Waals surface area contributed by atoms with Crippen LogP contribution in [0.4, 0.5) is 0 Å². The zero-order chi connectivity index (χ0) is 16.9. The van der Waals surface area contributed by atoms with Crippen molar-refractivity contribution in [2.24, 2.45) is 4.99 Å². The zero-order valence-electron chi connectivity index (χ0n) is 13.9. The SMILES string of the molecule is CN=C(NCc1cccc(OC(C)C)c1)NC1CCS(=O)(=O)C1. The Morgan fingerprint density at radius 1 is 1.43 bits per heavy atom. The Kier molecular flexibility index (Phi) is 5.87. The fraction of sp³-hybridized carbons (Fsp3) is 0.562. The first-order chi connectivity index (χ1) is 10.9. The maximum atomic E-state index is 11.5. The van der Waals surface area contributed by atoms with E-state index in [9.17, 15) is 8.42 Å². The van der Waals surface area contributed by atoms with Gasteiger partial charge in [0.15, 0.2) is 15.8 Å². The van der Waals surface area contributed by atoms with Gasteiger partial charge in [-0.25, -0.2) is 8.42 Å². The van der Waals surface area contributed by atoms with Crippen LogP contribution in [0.5, 0.6) is 5.75 Å². The molecule has 0 amide bonds. The molecular weight excluding hydrogens is 314 g/mol. The summed E-state index contributed by atoms with van der Waals surface area (Å²) in [6.07, 6.45) is 0.762. The van der Waals surface area contributed by atoms with Gasteiger partial charge < -0.3 is 15.4 Å². The van der Waals surface area contributed by atoms with Crippen molar-refractivity contribution in [2.45, 2.75) is 39.0 Å². The Hall–Kier alpha value is -1.76. The first-order valence-corrected chi connectivity index (χ1v) is 9.63. The second-order valence-electron chi connectivity index (χ2n) is 5.98. The van der Waals surface area contributed by atoms with Crippen LogP contribution in [0.25, 0.3) is 0 Å². The lowest BCUT2D eigenvalue weighted by molar-refractivity contribution is 0.242. The third-order valence-corrected chi connectivity index (χ3v) is 5.30. The van der Waals surface area contributed by atoms with E-state index in [1.807, 2.05) is 38.1 Å². The second-order valence-corrected chi connectivity index (χ2v) is 8.21. The van der Waals surface area contributed by atoms with Crippen molar-refractivity contribution < 1.29 is 13.2 Å². The normalized spacial score (nSPS) is 20.5. The highest BCUT2D eigenvalue weighted by molar-refractivity contribution is 7.91. The van der Waals surface area contributed by atoms with Gasteiger partial charge in [0.05, 0.1) is 17.6 Å². The summed E-state index contributed by atoms with van der Waals surface area (Å²) in [6, 6.07) is 7.81. The van der Waals surface area contributed by atoms with Crippen molar-refractivity contribution in [1.82, 2.24) is 10.6 Å². The van der Waals surface area contributed by atoms with Crippen LogP contribution < -0.4 is 15.4 Å². The van der Waals surface area contributed by atoms with Crippen molar-refractivity contribution in [1.29, 1.82) is 0 Å². The molecule has 1 fully saturated rings. The standard InChI is InChI=1S/C16H25N3O3S/c1-12(2)22-15-6-4-5-13(9-15)10-18-16(17-3)19-14-7-8-23(20,21)11-14/h4-6,9,12,14H,7-8,10-11H2,1-3H3,(H2,17,18,19). The lowest BCUT2D eigenvalue weighted by Gasteiger charge is -2.16. The van der Waals surface area contributed by atoms with E-state index in [4.69, 9.17) is 4.74 Å². The van der Waals surface area contributed by atoms with Gasteiger partial charge in [-0.2, -0.15) is 0 Å². The molecule has 1 heterocycles. The van der Waals surface area contributed by atoms with Crippen LogP contribution in [-0.4, -0.2) is 45.1 Å². The summed E-state index contributed by atoms with van der Waals surface area (Å²) in [4.78, 5) is 4.15. The molecule has 128 valence electrons. The zero-order valence-corrected chi connectivity index (χ0v) is 14.7. The number of nitrogens with one attached hydrogen (secondary N) is 2. The third-order valence-electron chi connectivity index (χ3n) is 3.53. The number of rotatable bonds is 5. The largest absolute Gasteiger partial charge is 0.491 e. The molecule has 7 heteroatoms. The Bertz CT molecular complexity index is 656. The predicted octanol–water partition coefficient (Wildman–Crippen LogP) is 1.33. The van der Waals surface area contributed by atoms with Crippen LogP contribution in [0.3, 0.4) is 0 Å². The lowest BCUT2D eigenvalue weighted by atomic mass is 10.2. The minimum Gasteiger partial charge on any atom is -0.491 e. The molecule has 0 aliphatic carbocycles. The van der Waals surface area contributed by atoms with Gasteiger partial charge >= 0.3 is 0 Å². The molecule has 6 nitrogen and oxygen atoms in total. The van der Waals surface area contributed by atoms with E-state index in [0.29, 0.717) is 18.9 Å². The highest BCUT2D eigenvalue weighted by atomic mass is 32.2. The van der Waals surface area contributed by atoms with Gasteiger partial charge in [-0.15, -0.1) is 0 Å². The summed E-state index contributed by atoms with van der Waals surface area (Å²) in [7, 11) is -1.22. The number of guanidine groups is 1. The van der Waals surface area contributed by atoms with Crippen molar-refractivity contribution in [3.8, 4) is 5.75 Å². The number of sulfone groups is 1. The average molecular weight is 339 g/mol. The van der Waals surface area contributed by atoms with E-state index in [1.165, 1.54) is 0 Å². The van der Waals surface area contributed by atoms with Gasteiger partial charge in [0.2, 0.25) is 0 Å². The van der Waals surface area contributed by atoms with E-state index in [2.05, 4.69) is 15.6 Å². The molecule has 1 aromatic rings. The van der Waals surface area contributed by atoms with Crippen LogP contribution in [-0.2, 0) is 16.4 Å². The molecule has 0 aromatic heterocycles. The van der Waals surface area contributed by atoms with Crippen LogP contribution >= 0.6 is 0 Å².